The average molecular weight is 330 g/mol. The minimum atomic E-state index is -0.369. The third kappa shape index (κ3) is 2.89. The summed E-state index contributed by atoms with van der Waals surface area (Å²) in [7, 11) is 1.74. The summed E-state index contributed by atoms with van der Waals surface area (Å²) in [6, 6.07) is 5.97. The highest BCUT2D eigenvalue weighted by molar-refractivity contribution is 5.97. The number of benzene rings is 1. The van der Waals surface area contributed by atoms with Crippen molar-refractivity contribution in [1.82, 2.24) is 19.6 Å². The van der Waals surface area contributed by atoms with Gasteiger partial charge >= 0.3 is 0 Å². The quantitative estimate of drug-likeness (QED) is 0.841. The van der Waals surface area contributed by atoms with E-state index in [9.17, 15) is 14.0 Å². The lowest BCUT2D eigenvalue weighted by molar-refractivity contribution is -0.136. The van der Waals surface area contributed by atoms with Crippen LogP contribution in [-0.2, 0) is 4.79 Å². The lowest BCUT2D eigenvalue weighted by atomic mass is 10.1. The fourth-order valence-corrected chi connectivity index (χ4v) is 2.77. The zero-order chi connectivity index (χ0) is 17.4. The molecule has 2 amide bonds. The van der Waals surface area contributed by atoms with Crippen LogP contribution in [0.3, 0.4) is 0 Å². The SMILES string of the molecule is Cc1nn(-c2cccc(F)c2)cc1C(=O)N1CC(=O)N(C)C(C)C1. The summed E-state index contributed by atoms with van der Waals surface area (Å²) >= 11 is 0. The molecule has 3 rings (SSSR count). The van der Waals surface area contributed by atoms with Crippen molar-refractivity contribution in [2.45, 2.75) is 19.9 Å². The number of halogens is 1. The monoisotopic (exact) mass is 330 g/mol. The predicted octanol–water partition coefficient (Wildman–Crippen LogP) is 1.62. The first-order chi connectivity index (χ1) is 11.4. The highest BCUT2D eigenvalue weighted by Gasteiger charge is 2.31. The second-order valence-electron chi connectivity index (χ2n) is 6.09. The molecule has 126 valence electrons. The summed E-state index contributed by atoms with van der Waals surface area (Å²) in [6.07, 6.45) is 1.58. The molecule has 1 aromatic carbocycles. The first-order valence-corrected chi connectivity index (χ1v) is 7.74. The molecule has 0 aliphatic carbocycles. The van der Waals surface area contributed by atoms with E-state index in [1.54, 1.807) is 37.2 Å². The van der Waals surface area contributed by atoms with Gasteiger partial charge in [0.1, 0.15) is 12.4 Å². The van der Waals surface area contributed by atoms with Crippen LogP contribution in [0.15, 0.2) is 30.5 Å². The van der Waals surface area contributed by atoms with Crippen LogP contribution in [0.5, 0.6) is 0 Å². The normalized spacial score (nSPS) is 18.2. The van der Waals surface area contributed by atoms with E-state index in [0.29, 0.717) is 23.5 Å². The van der Waals surface area contributed by atoms with Crippen molar-refractivity contribution in [3.05, 3.63) is 47.5 Å². The van der Waals surface area contributed by atoms with E-state index >= 15 is 0 Å². The molecule has 0 N–H and O–H groups in total. The summed E-state index contributed by atoms with van der Waals surface area (Å²) in [5, 5.41) is 4.30. The molecule has 6 nitrogen and oxygen atoms in total. The number of rotatable bonds is 2. The minimum Gasteiger partial charge on any atom is -0.340 e. The Labute approximate surface area is 139 Å². The van der Waals surface area contributed by atoms with Crippen LogP contribution in [0.4, 0.5) is 4.39 Å². The maximum atomic E-state index is 13.4. The molecule has 1 fully saturated rings. The van der Waals surface area contributed by atoms with Crippen LogP contribution < -0.4 is 0 Å². The molecule has 1 aromatic heterocycles. The first-order valence-electron chi connectivity index (χ1n) is 7.74. The van der Waals surface area contributed by atoms with Gasteiger partial charge in [-0.2, -0.15) is 5.10 Å². The number of piperazine rings is 1. The minimum absolute atomic E-state index is 0.0335. The second kappa shape index (κ2) is 6.07. The van der Waals surface area contributed by atoms with Gasteiger partial charge in [0, 0.05) is 25.8 Å². The average Bonchev–Trinajstić information content (AvgIpc) is 2.93. The Morgan fingerprint density at radius 2 is 2.12 bits per heavy atom. The van der Waals surface area contributed by atoms with Crippen molar-refractivity contribution in [3.8, 4) is 5.69 Å². The summed E-state index contributed by atoms with van der Waals surface area (Å²) in [5.74, 6) is -0.687. The smallest absolute Gasteiger partial charge is 0.257 e. The van der Waals surface area contributed by atoms with Gasteiger partial charge in [-0.1, -0.05) is 6.07 Å². The van der Waals surface area contributed by atoms with Crippen molar-refractivity contribution in [3.63, 3.8) is 0 Å². The van der Waals surface area contributed by atoms with Gasteiger partial charge in [0.25, 0.3) is 5.91 Å². The molecule has 1 atom stereocenters. The molecule has 1 unspecified atom stereocenters. The van der Waals surface area contributed by atoms with Gasteiger partial charge in [-0.25, -0.2) is 9.07 Å². The van der Waals surface area contributed by atoms with E-state index in [-0.39, 0.29) is 30.2 Å². The summed E-state index contributed by atoms with van der Waals surface area (Å²) in [4.78, 5) is 27.9. The maximum absolute atomic E-state index is 13.4. The highest BCUT2D eigenvalue weighted by Crippen LogP contribution is 2.17. The number of aromatic nitrogens is 2. The molecule has 1 aliphatic heterocycles. The number of hydrogen-bond acceptors (Lipinski definition) is 3. The molecule has 1 aliphatic rings. The van der Waals surface area contributed by atoms with Crippen molar-refractivity contribution >= 4 is 11.8 Å². The van der Waals surface area contributed by atoms with Crippen LogP contribution in [0.1, 0.15) is 23.0 Å². The van der Waals surface area contributed by atoms with Gasteiger partial charge in [0.2, 0.25) is 5.91 Å². The molecular formula is C17H19FN4O2. The third-order valence-electron chi connectivity index (χ3n) is 4.35. The fraction of sp³-hybridized carbons (Fsp3) is 0.353. The first kappa shape index (κ1) is 16.2. The van der Waals surface area contributed by atoms with Crippen LogP contribution >= 0.6 is 0 Å². The van der Waals surface area contributed by atoms with Crippen LogP contribution in [0.25, 0.3) is 5.69 Å². The van der Waals surface area contributed by atoms with E-state index in [1.807, 2.05) is 6.92 Å². The Hall–Kier alpha value is -2.70. The molecule has 2 heterocycles. The predicted molar refractivity (Wildman–Crippen MR) is 86.4 cm³/mol. The van der Waals surface area contributed by atoms with Crippen molar-refractivity contribution in [1.29, 1.82) is 0 Å². The van der Waals surface area contributed by atoms with Gasteiger partial charge in [-0.05, 0) is 32.0 Å². The van der Waals surface area contributed by atoms with E-state index in [2.05, 4.69) is 5.10 Å². The zero-order valence-corrected chi connectivity index (χ0v) is 13.9. The highest BCUT2D eigenvalue weighted by atomic mass is 19.1. The van der Waals surface area contributed by atoms with Gasteiger partial charge < -0.3 is 9.80 Å². The van der Waals surface area contributed by atoms with Crippen LogP contribution in [0, 0.1) is 12.7 Å². The number of likely N-dealkylation sites (N-methyl/N-ethyl adjacent to an activating group) is 1. The maximum Gasteiger partial charge on any atom is 0.257 e. The molecule has 1 saturated heterocycles. The van der Waals surface area contributed by atoms with Crippen molar-refractivity contribution in [2.24, 2.45) is 0 Å². The second-order valence-corrected chi connectivity index (χ2v) is 6.09. The number of aryl methyl sites for hydroxylation is 1. The summed E-state index contributed by atoms with van der Waals surface area (Å²) in [5.41, 5.74) is 1.51. The lowest BCUT2D eigenvalue weighted by Gasteiger charge is -2.37. The summed E-state index contributed by atoms with van der Waals surface area (Å²) < 4.78 is 14.9. The van der Waals surface area contributed by atoms with Crippen molar-refractivity contribution < 1.29 is 14.0 Å². The number of hydrogen-bond donors (Lipinski definition) is 0. The summed E-state index contributed by atoms with van der Waals surface area (Å²) in [6.45, 7) is 4.17. The number of carbonyl (C=O) groups excluding carboxylic acids is 2. The Balaban J connectivity index is 1.87. The van der Waals surface area contributed by atoms with Crippen LogP contribution in [-0.4, -0.2) is 57.6 Å². The lowest BCUT2D eigenvalue weighted by Crippen LogP contribution is -2.55. The van der Waals surface area contributed by atoms with E-state index in [1.165, 1.54) is 21.7 Å². The molecule has 0 spiro atoms. The van der Waals surface area contributed by atoms with Gasteiger partial charge in [0.05, 0.1) is 16.9 Å². The fourth-order valence-electron chi connectivity index (χ4n) is 2.77. The van der Waals surface area contributed by atoms with Gasteiger partial charge in [-0.3, -0.25) is 9.59 Å². The van der Waals surface area contributed by atoms with Crippen LogP contribution in [0.2, 0.25) is 0 Å². The molecule has 0 bridgehead atoms. The number of nitrogens with zero attached hydrogens (tertiary/aromatic N) is 4. The van der Waals surface area contributed by atoms with E-state index in [4.69, 9.17) is 0 Å². The Kier molecular flexibility index (Phi) is 4.09. The molecule has 0 saturated carbocycles. The number of carbonyl (C=O) groups is 2. The molecule has 24 heavy (non-hydrogen) atoms. The third-order valence-corrected chi connectivity index (χ3v) is 4.35. The molecule has 7 heteroatoms. The molecule has 0 radical (unpaired) electrons. The Morgan fingerprint density at radius 3 is 2.79 bits per heavy atom. The van der Waals surface area contributed by atoms with E-state index < -0.39 is 0 Å². The Morgan fingerprint density at radius 1 is 1.38 bits per heavy atom. The number of amides is 2. The Bertz CT molecular complexity index is 802. The van der Waals surface area contributed by atoms with Crippen molar-refractivity contribution in [2.75, 3.05) is 20.1 Å². The van der Waals surface area contributed by atoms with Gasteiger partial charge in [0.15, 0.2) is 0 Å². The largest absolute Gasteiger partial charge is 0.340 e. The van der Waals surface area contributed by atoms with Gasteiger partial charge in [-0.15, -0.1) is 0 Å². The standard InChI is InChI=1S/C17H19FN4O2/c1-11-8-21(10-16(23)20(11)3)17(24)15-9-22(19-12(15)2)14-6-4-5-13(18)7-14/h4-7,9,11H,8,10H2,1-3H3. The topological polar surface area (TPSA) is 58.4 Å². The zero-order valence-electron chi connectivity index (χ0n) is 13.9. The molecule has 2 aromatic rings. The van der Waals surface area contributed by atoms with E-state index in [0.717, 1.165) is 0 Å². The molecular weight excluding hydrogens is 311 g/mol.